The van der Waals surface area contributed by atoms with Gasteiger partial charge in [-0.2, -0.15) is 0 Å². The molecule has 4 heteroatoms. The maximum atomic E-state index is 12.2. The number of thiophene rings is 1. The van der Waals surface area contributed by atoms with Crippen LogP contribution in [0.3, 0.4) is 0 Å². The second-order valence-electron chi connectivity index (χ2n) is 4.88. The molecule has 1 aromatic rings. The zero-order valence-electron chi connectivity index (χ0n) is 10.3. The third-order valence-corrected chi connectivity index (χ3v) is 4.87. The van der Waals surface area contributed by atoms with E-state index in [2.05, 4.69) is 4.90 Å². The molecule has 0 radical (unpaired) electrons. The van der Waals surface area contributed by atoms with Crippen LogP contribution in [0.15, 0.2) is 12.1 Å². The molecule has 1 fully saturated rings. The molecule has 2 rings (SSSR count). The summed E-state index contributed by atoms with van der Waals surface area (Å²) >= 11 is 7.23. The van der Waals surface area contributed by atoms with Crippen molar-refractivity contribution in [3.8, 4) is 0 Å². The van der Waals surface area contributed by atoms with Gasteiger partial charge in [-0.15, -0.1) is 11.3 Å². The molecule has 1 aliphatic carbocycles. The highest BCUT2D eigenvalue weighted by molar-refractivity contribution is 7.18. The van der Waals surface area contributed by atoms with E-state index in [-0.39, 0.29) is 11.8 Å². The van der Waals surface area contributed by atoms with E-state index in [1.165, 1.54) is 30.6 Å². The molecule has 0 spiro atoms. The summed E-state index contributed by atoms with van der Waals surface area (Å²) in [6.45, 7) is 3.01. The third-order valence-electron chi connectivity index (χ3n) is 3.63. The Morgan fingerprint density at radius 1 is 1.59 bits per heavy atom. The van der Waals surface area contributed by atoms with Crippen LogP contribution in [0.25, 0.3) is 0 Å². The first kappa shape index (κ1) is 13.1. The number of carbonyl (C=O) groups excluding carboxylic acids is 1. The molecule has 0 N–H and O–H groups in total. The molecule has 1 atom stereocenters. The lowest BCUT2D eigenvalue weighted by atomic mass is 9.85. The number of hydrogen-bond acceptors (Lipinski definition) is 3. The summed E-state index contributed by atoms with van der Waals surface area (Å²) in [5.74, 6) is 0.978. The first-order valence-electron chi connectivity index (χ1n) is 6.07. The second kappa shape index (κ2) is 5.51. The van der Waals surface area contributed by atoms with Gasteiger partial charge in [0.25, 0.3) is 0 Å². The smallest absolute Gasteiger partial charge is 0.189 e. The number of carbonyl (C=O) groups is 1. The van der Waals surface area contributed by atoms with Crippen molar-refractivity contribution in [2.24, 2.45) is 5.92 Å². The first-order chi connectivity index (χ1) is 8.08. The van der Waals surface area contributed by atoms with E-state index in [0.29, 0.717) is 4.34 Å². The Kier molecular flexibility index (Phi) is 4.23. The lowest BCUT2D eigenvalue weighted by Gasteiger charge is -2.32. The lowest BCUT2D eigenvalue weighted by Crippen LogP contribution is -2.40. The van der Waals surface area contributed by atoms with Crippen LogP contribution in [0.5, 0.6) is 0 Å². The number of rotatable bonds is 5. The molecule has 1 unspecified atom stereocenters. The summed E-state index contributed by atoms with van der Waals surface area (Å²) in [4.78, 5) is 15.1. The van der Waals surface area contributed by atoms with Crippen LogP contribution in [0.1, 0.15) is 35.9 Å². The van der Waals surface area contributed by atoms with Crippen LogP contribution < -0.4 is 0 Å². The average molecular weight is 272 g/mol. The van der Waals surface area contributed by atoms with Gasteiger partial charge in [-0.3, -0.25) is 9.69 Å². The second-order valence-corrected chi connectivity index (χ2v) is 6.60. The molecule has 2 nitrogen and oxygen atoms in total. The Morgan fingerprint density at radius 2 is 2.29 bits per heavy atom. The van der Waals surface area contributed by atoms with Crippen molar-refractivity contribution < 1.29 is 4.79 Å². The van der Waals surface area contributed by atoms with Crippen LogP contribution in [0, 0.1) is 5.92 Å². The molecular formula is C13H18ClNOS. The molecule has 94 valence electrons. The van der Waals surface area contributed by atoms with Crippen molar-refractivity contribution in [3.05, 3.63) is 21.3 Å². The van der Waals surface area contributed by atoms with Crippen LogP contribution in [-0.2, 0) is 0 Å². The standard InChI is InChI=1S/C13H18ClNOS/c1-9(15(2)8-10-4-3-5-10)13(16)11-6-7-12(14)17-11/h6-7,9-10H,3-5,8H2,1-2H3. The van der Waals surface area contributed by atoms with Crippen molar-refractivity contribution in [3.63, 3.8) is 0 Å². The quantitative estimate of drug-likeness (QED) is 0.761. The van der Waals surface area contributed by atoms with E-state index in [1.54, 1.807) is 6.07 Å². The highest BCUT2D eigenvalue weighted by Crippen LogP contribution is 2.28. The fourth-order valence-corrected chi connectivity index (χ4v) is 3.16. The third kappa shape index (κ3) is 3.09. The minimum Gasteiger partial charge on any atom is -0.296 e. The first-order valence-corrected chi connectivity index (χ1v) is 7.27. The molecule has 1 heterocycles. The minimum atomic E-state index is -0.0506. The van der Waals surface area contributed by atoms with Gasteiger partial charge in [-0.1, -0.05) is 18.0 Å². The van der Waals surface area contributed by atoms with Gasteiger partial charge in [-0.25, -0.2) is 0 Å². The summed E-state index contributed by atoms with van der Waals surface area (Å²) in [5, 5.41) is 0. The van der Waals surface area contributed by atoms with Crippen molar-refractivity contribution in [2.45, 2.75) is 32.2 Å². The van der Waals surface area contributed by atoms with Gasteiger partial charge < -0.3 is 0 Å². The predicted octanol–water partition coefficient (Wildman–Crippen LogP) is 3.70. The van der Waals surface area contributed by atoms with Crippen molar-refractivity contribution in [1.29, 1.82) is 0 Å². The van der Waals surface area contributed by atoms with Gasteiger partial charge in [0.1, 0.15) is 0 Å². The molecule has 1 saturated carbocycles. The molecule has 0 saturated heterocycles. The number of hydrogen-bond donors (Lipinski definition) is 0. The fourth-order valence-electron chi connectivity index (χ4n) is 2.09. The van der Waals surface area contributed by atoms with Crippen LogP contribution >= 0.6 is 22.9 Å². The Morgan fingerprint density at radius 3 is 2.76 bits per heavy atom. The topological polar surface area (TPSA) is 20.3 Å². The summed E-state index contributed by atoms with van der Waals surface area (Å²) in [7, 11) is 2.04. The maximum absolute atomic E-state index is 12.2. The summed E-state index contributed by atoms with van der Waals surface area (Å²) < 4.78 is 0.683. The van der Waals surface area contributed by atoms with Gasteiger partial charge in [-0.05, 0) is 44.9 Å². The van der Waals surface area contributed by atoms with E-state index in [0.717, 1.165) is 17.3 Å². The number of ketones is 1. The van der Waals surface area contributed by atoms with Gasteiger partial charge in [0.05, 0.1) is 15.3 Å². The number of nitrogens with zero attached hydrogens (tertiary/aromatic N) is 1. The Hall–Kier alpha value is -0.380. The SMILES string of the molecule is CC(C(=O)c1ccc(Cl)s1)N(C)CC1CCC1. The number of Topliss-reactive ketones (excluding diaryl/α,β-unsaturated/α-hetero) is 1. The molecule has 0 aromatic carbocycles. The zero-order valence-corrected chi connectivity index (χ0v) is 11.9. The predicted molar refractivity (Wildman–Crippen MR) is 73.1 cm³/mol. The average Bonchev–Trinajstić information content (AvgIpc) is 2.68. The molecule has 0 aliphatic heterocycles. The highest BCUT2D eigenvalue weighted by atomic mass is 35.5. The Labute approximate surface area is 112 Å². The minimum absolute atomic E-state index is 0.0506. The van der Waals surface area contributed by atoms with E-state index < -0.39 is 0 Å². The molecule has 0 amide bonds. The number of halogens is 1. The Balaban J connectivity index is 1.93. The van der Waals surface area contributed by atoms with Crippen LogP contribution in [0.4, 0.5) is 0 Å². The largest absolute Gasteiger partial charge is 0.296 e. The molecule has 17 heavy (non-hydrogen) atoms. The van der Waals surface area contributed by atoms with Crippen LogP contribution in [-0.4, -0.2) is 30.3 Å². The molecule has 0 bridgehead atoms. The monoisotopic (exact) mass is 271 g/mol. The normalized spacial score (nSPS) is 18.1. The molecular weight excluding hydrogens is 254 g/mol. The maximum Gasteiger partial charge on any atom is 0.189 e. The van der Waals surface area contributed by atoms with Crippen molar-refractivity contribution >= 4 is 28.7 Å². The Bertz CT molecular complexity index is 400. The van der Waals surface area contributed by atoms with E-state index in [4.69, 9.17) is 11.6 Å². The summed E-state index contributed by atoms with van der Waals surface area (Å²) in [6, 6.07) is 3.56. The van der Waals surface area contributed by atoms with Crippen LogP contribution in [0.2, 0.25) is 4.34 Å². The van der Waals surface area contributed by atoms with Gasteiger partial charge in [0.2, 0.25) is 0 Å². The van der Waals surface area contributed by atoms with Gasteiger partial charge in [0.15, 0.2) is 5.78 Å². The van der Waals surface area contributed by atoms with Gasteiger partial charge in [0, 0.05) is 6.54 Å². The zero-order chi connectivity index (χ0) is 12.4. The van der Waals surface area contributed by atoms with E-state index in [1.807, 2.05) is 20.0 Å². The van der Waals surface area contributed by atoms with E-state index >= 15 is 0 Å². The van der Waals surface area contributed by atoms with Crippen molar-refractivity contribution in [2.75, 3.05) is 13.6 Å². The van der Waals surface area contributed by atoms with Crippen molar-refractivity contribution in [1.82, 2.24) is 4.90 Å². The van der Waals surface area contributed by atoms with Gasteiger partial charge >= 0.3 is 0 Å². The molecule has 1 aliphatic rings. The number of likely N-dealkylation sites (N-methyl/N-ethyl adjacent to an activating group) is 1. The van der Waals surface area contributed by atoms with E-state index in [9.17, 15) is 4.79 Å². The lowest BCUT2D eigenvalue weighted by molar-refractivity contribution is 0.0832. The summed E-state index contributed by atoms with van der Waals surface area (Å²) in [6.07, 6.45) is 3.98. The fraction of sp³-hybridized carbons (Fsp3) is 0.615. The molecule has 1 aromatic heterocycles. The summed E-state index contributed by atoms with van der Waals surface area (Å²) in [5.41, 5.74) is 0. The highest BCUT2D eigenvalue weighted by Gasteiger charge is 2.25.